The van der Waals surface area contributed by atoms with Crippen molar-refractivity contribution in [2.75, 3.05) is 13.1 Å². The van der Waals surface area contributed by atoms with Gasteiger partial charge in [-0.2, -0.15) is 0 Å². The zero-order valence-electron chi connectivity index (χ0n) is 11.9. The molecule has 1 fully saturated rings. The lowest BCUT2D eigenvalue weighted by atomic mass is 9.81. The van der Waals surface area contributed by atoms with Crippen LogP contribution in [0.5, 0.6) is 0 Å². The Hall–Kier alpha value is -0.515. The minimum Gasteiger partial charge on any atom is -0.398 e. The van der Waals surface area contributed by atoms with E-state index in [-0.39, 0.29) is 18.3 Å². The third-order valence-electron chi connectivity index (χ3n) is 3.62. The van der Waals surface area contributed by atoms with Crippen molar-refractivity contribution < 1.29 is 9.31 Å². The summed E-state index contributed by atoms with van der Waals surface area (Å²) in [5.41, 5.74) is 7.11. The number of nitrogens with one attached hydrogen (secondary N) is 1. The van der Waals surface area contributed by atoms with Gasteiger partial charge in [-0.3, -0.25) is 0 Å². The van der Waals surface area contributed by atoms with Gasteiger partial charge in [-0.1, -0.05) is 0 Å². The molecule has 0 aromatic carbocycles. The lowest BCUT2D eigenvalue weighted by Crippen LogP contribution is -2.41. The van der Waals surface area contributed by atoms with Crippen molar-refractivity contribution in [3.8, 4) is 0 Å². The summed E-state index contributed by atoms with van der Waals surface area (Å²) < 4.78 is 12.0. The van der Waals surface area contributed by atoms with Crippen molar-refractivity contribution in [1.29, 1.82) is 0 Å². The predicted octanol–water partition coefficient (Wildman–Crippen LogP) is 1.46. The Morgan fingerprint density at radius 1 is 1.18 bits per heavy atom. The Bertz CT molecular complexity index is 298. The Labute approximate surface area is 105 Å². The normalized spacial score (nSPS) is 23.6. The van der Waals surface area contributed by atoms with E-state index >= 15 is 0 Å². The molecule has 0 aromatic heterocycles. The summed E-state index contributed by atoms with van der Waals surface area (Å²) in [6, 6.07) is 0. The molecular weight excluding hydrogens is 215 g/mol. The summed E-state index contributed by atoms with van der Waals surface area (Å²) in [5.74, 6) is 0. The van der Waals surface area contributed by atoms with Crippen LogP contribution in [0.4, 0.5) is 0 Å². The smallest absolute Gasteiger partial charge is 0.398 e. The molecule has 0 saturated carbocycles. The van der Waals surface area contributed by atoms with E-state index in [4.69, 9.17) is 15.0 Å². The van der Waals surface area contributed by atoms with Crippen molar-refractivity contribution in [3.05, 3.63) is 11.2 Å². The van der Waals surface area contributed by atoms with Gasteiger partial charge >= 0.3 is 7.12 Å². The number of hydrogen-bond donors (Lipinski definition) is 2. The second-order valence-electron chi connectivity index (χ2n) is 5.52. The van der Waals surface area contributed by atoms with E-state index in [1.807, 2.05) is 34.6 Å². The monoisotopic (exact) mass is 240 g/mol. The van der Waals surface area contributed by atoms with Gasteiger partial charge in [0.05, 0.1) is 11.2 Å². The van der Waals surface area contributed by atoms with Gasteiger partial charge in [0, 0.05) is 18.7 Å². The molecule has 0 aromatic rings. The predicted molar refractivity (Wildman–Crippen MR) is 71.5 cm³/mol. The van der Waals surface area contributed by atoms with Gasteiger partial charge in [0.1, 0.15) is 0 Å². The third-order valence-corrected chi connectivity index (χ3v) is 3.62. The molecule has 0 bridgehead atoms. The molecular formula is C12H25BN2O2. The van der Waals surface area contributed by atoms with Crippen molar-refractivity contribution in [2.45, 2.75) is 52.7 Å². The molecule has 1 rings (SSSR count). The largest absolute Gasteiger partial charge is 0.511 e. The fourth-order valence-electron chi connectivity index (χ4n) is 1.70. The molecule has 0 radical (unpaired) electrons. The van der Waals surface area contributed by atoms with Crippen molar-refractivity contribution in [1.82, 2.24) is 5.32 Å². The van der Waals surface area contributed by atoms with E-state index in [1.54, 1.807) is 0 Å². The van der Waals surface area contributed by atoms with Crippen LogP contribution in [0.3, 0.4) is 0 Å². The molecule has 1 aliphatic heterocycles. The third kappa shape index (κ3) is 2.84. The molecule has 17 heavy (non-hydrogen) atoms. The maximum atomic E-state index is 6.00. The van der Waals surface area contributed by atoms with Gasteiger partial charge in [0.2, 0.25) is 0 Å². The molecule has 1 saturated heterocycles. The molecule has 4 nitrogen and oxygen atoms in total. The zero-order valence-corrected chi connectivity index (χ0v) is 11.9. The fourth-order valence-corrected chi connectivity index (χ4v) is 1.70. The van der Waals surface area contributed by atoms with E-state index < -0.39 is 0 Å². The summed E-state index contributed by atoms with van der Waals surface area (Å²) in [5, 5.41) is 3.30. The first-order valence-electron chi connectivity index (χ1n) is 6.24. The lowest BCUT2D eigenvalue weighted by Gasteiger charge is -2.32. The van der Waals surface area contributed by atoms with Crippen molar-refractivity contribution in [3.63, 3.8) is 0 Å². The standard InChI is InChI=1S/C12H25BN2O2/c1-7-15-10(9(2)8-14)13-16-11(3,4)12(5,6)17-13/h15H,7-8,14H2,1-6H3. The Balaban J connectivity index is 2.95. The highest BCUT2D eigenvalue weighted by molar-refractivity contribution is 6.54. The van der Waals surface area contributed by atoms with Crippen molar-refractivity contribution in [2.24, 2.45) is 5.73 Å². The molecule has 0 amide bonds. The van der Waals surface area contributed by atoms with Gasteiger partial charge in [-0.15, -0.1) is 0 Å². The summed E-state index contributed by atoms with van der Waals surface area (Å²) in [4.78, 5) is 0. The van der Waals surface area contributed by atoms with Gasteiger partial charge < -0.3 is 20.4 Å². The summed E-state index contributed by atoms with van der Waals surface area (Å²) >= 11 is 0. The second-order valence-corrected chi connectivity index (χ2v) is 5.52. The highest BCUT2D eigenvalue weighted by Gasteiger charge is 2.52. The molecule has 5 heteroatoms. The first kappa shape index (κ1) is 14.5. The van der Waals surface area contributed by atoms with E-state index in [0.29, 0.717) is 6.54 Å². The van der Waals surface area contributed by atoms with Crippen LogP contribution in [-0.2, 0) is 9.31 Å². The van der Waals surface area contributed by atoms with Crippen LogP contribution in [0.15, 0.2) is 11.2 Å². The van der Waals surface area contributed by atoms with Crippen LogP contribution in [0.25, 0.3) is 0 Å². The van der Waals surface area contributed by atoms with Crippen molar-refractivity contribution >= 4 is 7.12 Å². The van der Waals surface area contributed by atoms with Gasteiger partial charge in [0.25, 0.3) is 0 Å². The Morgan fingerprint density at radius 2 is 1.65 bits per heavy atom. The Morgan fingerprint density at radius 3 is 2.00 bits per heavy atom. The highest BCUT2D eigenvalue weighted by atomic mass is 16.7. The molecule has 3 N–H and O–H groups in total. The summed E-state index contributed by atoms with van der Waals surface area (Å²) in [7, 11) is -0.344. The van der Waals surface area contributed by atoms with E-state index in [9.17, 15) is 0 Å². The second kappa shape index (κ2) is 5.00. The van der Waals surface area contributed by atoms with Gasteiger partial charge in [-0.25, -0.2) is 0 Å². The molecule has 0 spiro atoms. The maximum Gasteiger partial charge on any atom is 0.511 e. The van der Waals surface area contributed by atoms with Crippen LogP contribution in [0.1, 0.15) is 41.5 Å². The number of hydrogen-bond acceptors (Lipinski definition) is 4. The molecule has 1 aliphatic rings. The minimum absolute atomic E-state index is 0.312. The topological polar surface area (TPSA) is 56.5 Å². The molecule has 0 atom stereocenters. The highest BCUT2D eigenvalue weighted by Crippen LogP contribution is 2.38. The zero-order chi connectivity index (χ0) is 13.3. The van der Waals surface area contributed by atoms with E-state index in [2.05, 4.69) is 12.2 Å². The first-order valence-corrected chi connectivity index (χ1v) is 6.24. The average molecular weight is 240 g/mol. The molecule has 0 unspecified atom stereocenters. The summed E-state index contributed by atoms with van der Waals surface area (Å²) in [6.45, 7) is 13.6. The van der Waals surface area contributed by atoms with Crippen LogP contribution in [-0.4, -0.2) is 31.4 Å². The maximum absolute atomic E-state index is 6.00. The van der Waals surface area contributed by atoms with Crippen LogP contribution < -0.4 is 11.1 Å². The quantitative estimate of drug-likeness (QED) is 0.730. The molecule has 0 aliphatic carbocycles. The fraction of sp³-hybridized carbons (Fsp3) is 0.833. The van der Waals surface area contributed by atoms with E-state index in [1.165, 1.54) is 0 Å². The average Bonchev–Trinajstić information content (AvgIpc) is 2.43. The van der Waals surface area contributed by atoms with Crippen LogP contribution in [0.2, 0.25) is 0 Å². The molecule has 1 heterocycles. The summed E-state index contributed by atoms with van der Waals surface area (Å²) in [6.07, 6.45) is 0. The van der Waals surface area contributed by atoms with Crippen LogP contribution >= 0.6 is 0 Å². The lowest BCUT2D eigenvalue weighted by molar-refractivity contribution is 0.00578. The first-order chi connectivity index (χ1) is 7.75. The van der Waals surface area contributed by atoms with Gasteiger partial charge in [0.15, 0.2) is 0 Å². The van der Waals surface area contributed by atoms with Gasteiger partial charge in [-0.05, 0) is 47.1 Å². The SMILES string of the molecule is CCNC(B1OC(C)(C)C(C)(C)O1)=C(C)CN. The Kier molecular flexibility index (Phi) is 4.28. The number of rotatable bonds is 4. The van der Waals surface area contributed by atoms with Crippen LogP contribution in [0, 0.1) is 0 Å². The van der Waals surface area contributed by atoms with E-state index in [0.717, 1.165) is 17.7 Å². The molecule has 98 valence electrons. The minimum atomic E-state index is -0.344. The number of nitrogens with two attached hydrogens (primary N) is 1.